The number of nitrogens with zero attached hydrogens (tertiary/aromatic N) is 4. The van der Waals surface area contributed by atoms with E-state index in [2.05, 4.69) is 25.1 Å². The number of hydrogen-bond acceptors (Lipinski definition) is 8. The Morgan fingerprint density at radius 1 is 1.12 bits per heavy atom. The molecule has 1 saturated carbocycles. The molecule has 1 amide bonds. The second-order valence-corrected chi connectivity index (χ2v) is 9.53. The summed E-state index contributed by atoms with van der Waals surface area (Å²) in [4.78, 5) is 17.2. The smallest absolute Gasteiger partial charge is 0.236 e. The molecule has 0 atom stereocenters. The molecule has 0 spiro atoms. The number of benzene rings is 2. The van der Waals surface area contributed by atoms with Crippen molar-refractivity contribution < 1.29 is 14.3 Å². The van der Waals surface area contributed by atoms with Gasteiger partial charge in [0.25, 0.3) is 0 Å². The average molecular weight is 494 g/mol. The van der Waals surface area contributed by atoms with E-state index in [1.54, 1.807) is 14.2 Å². The first-order valence-corrected chi connectivity index (χ1v) is 12.6. The van der Waals surface area contributed by atoms with Crippen molar-refractivity contribution in [3.05, 3.63) is 59.7 Å². The van der Waals surface area contributed by atoms with Crippen LogP contribution in [0.4, 0.5) is 5.13 Å². The molecule has 2 aromatic carbocycles. The van der Waals surface area contributed by atoms with E-state index in [4.69, 9.17) is 9.47 Å². The van der Waals surface area contributed by atoms with Gasteiger partial charge in [0.2, 0.25) is 5.91 Å². The standard InChI is InChI=1S/C24H23N5O3S2/c1-31-19-11-10-16(12-20(19)32-2)18-13-33-23(25-18)26-21(30)14-34-24-28-27-22(15-8-9-15)29(24)17-6-4-3-5-7-17/h3-7,10-13,15H,8-9,14H2,1-2H3,(H,25,26,30). The quantitative estimate of drug-likeness (QED) is 0.328. The molecule has 174 valence electrons. The number of rotatable bonds is 9. The number of ether oxygens (including phenoxy) is 2. The zero-order chi connectivity index (χ0) is 23.5. The van der Waals surface area contributed by atoms with Crippen LogP contribution in [0.1, 0.15) is 24.6 Å². The molecule has 0 radical (unpaired) electrons. The predicted octanol–water partition coefficient (Wildman–Crippen LogP) is 5.02. The minimum atomic E-state index is -0.145. The molecular weight excluding hydrogens is 470 g/mol. The normalized spacial score (nSPS) is 13.0. The SMILES string of the molecule is COc1ccc(-c2csc(NC(=O)CSc3nnc(C4CC4)n3-c3ccccc3)n2)cc1OC. The van der Waals surface area contributed by atoms with Gasteiger partial charge in [-0.05, 0) is 43.2 Å². The summed E-state index contributed by atoms with van der Waals surface area (Å²) < 4.78 is 12.7. The average Bonchev–Trinajstić information content (AvgIpc) is 3.46. The lowest BCUT2D eigenvalue weighted by Gasteiger charge is -2.09. The van der Waals surface area contributed by atoms with Crippen LogP contribution in [-0.2, 0) is 4.79 Å². The van der Waals surface area contributed by atoms with E-state index in [9.17, 15) is 4.79 Å². The van der Waals surface area contributed by atoms with E-state index in [-0.39, 0.29) is 11.7 Å². The maximum atomic E-state index is 12.7. The number of hydrogen-bond donors (Lipinski definition) is 1. The van der Waals surface area contributed by atoms with E-state index in [0.29, 0.717) is 27.7 Å². The third-order valence-corrected chi connectivity index (χ3v) is 7.06. The van der Waals surface area contributed by atoms with E-state index in [0.717, 1.165) is 35.6 Å². The molecule has 2 aromatic heterocycles. The molecule has 10 heteroatoms. The van der Waals surface area contributed by atoms with Crippen molar-refractivity contribution in [2.24, 2.45) is 0 Å². The highest BCUT2D eigenvalue weighted by Gasteiger charge is 2.31. The third kappa shape index (κ3) is 4.78. The Morgan fingerprint density at radius 2 is 1.91 bits per heavy atom. The van der Waals surface area contributed by atoms with Gasteiger partial charge in [-0.2, -0.15) is 0 Å². The van der Waals surface area contributed by atoms with Crippen LogP contribution >= 0.6 is 23.1 Å². The van der Waals surface area contributed by atoms with Gasteiger partial charge >= 0.3 is 0 Å². The number of carbonyl (C=O) groups is 1. The predicted molar refractivity (Wildman–Crippen MR) is 133 cm³/mol. The summed E-state index contributed by atoms with van der Waals surface area (Å²) in [5.41, 5.74) is 2.65. The van der Waals surface area contributed by atoms with Gasteiger partial charge in [-0.15, -0.1) is 21.5 Å². The second kappa shape index (κ2) is 9.86. The minimum absolute atomic E-state index is 0.145. The maximum Gasteiger partial charge on any atom is 0.236 e. The number of thioether (sulfide) groups is 1. The Morgan fingerprint density at radius 3 is 2.65 bits per heavy atom. The van der Waals surface area contributed by atoms with Gasteiger partial charge in [0.15, 0.2) is 21.8 Å². The van der Waals surface area contributed by atoms with Gasteiger partial charge in [-0.25, -0.2) is 4.98 Å². The molecule has 0 bridgehead atoms. The molecule has 1 aliphatic carbocycles. The lowest BCUT2D eigenvalue weighted by Crippen LogP contribution is -2.14. The van der Waals surface area contributed by atoms with Crippen LogP contribution in [0.3, 0.4) is 0 Å². The first-order chi connectivity index (χ1) is 16.7. The maximum absolute atomic E-state index is 12.7. The van der Waals surface area contributed by atoms with E-state index in [1.165, 1.54) is 23.1 Å². The minimum Gasteiger partial charge on any atom is -0.493 e. The number of anilines is 1. The summed E-state index contributed by atoms with van der Waals surface area (Å²) in [5.74, 6) is 2.76. The molecular formula is C24H23N5O3S2. The van der Waals surface area contributed by atoms with Gasteiger partial charge in [0.1, 0.15) is 5.82 Å². The Bertz CT molecular complexity index is 1300. The first kappa shape index (κ1) is 22.4. The van der Waals surface area contributed by atoms with Crippen LogP contribution in [0.15, 0.2) is 59.1 Å². The highest BCUT2D eigenvalue weighted by molar-refractivity contribution is 7.99. The van der Waals surface area contributed by atoms with Crippen LogP contribution in [0.5, 0.6) is 11.5 Å². The fourth-order valence-corrected chi connectivity index (χ4v) is 5.04. The number of methoxy groups -OCH3 is 2. The molecule has 34 heavy (non-hydrogen) atoms. The lowest BCUT2D eigenvalue weighted by molar-refractivity contribution is -0.113. The topological polar surface area (TPSA) is 91.2 Å². The highest BCUT2D eigenvalue weighted by atomic mass is 32.2. The molecule has 0 aliphatic heterocycles. The largest absolute Gasteiger partial charge is 0.493 e. The molecule has 0 saturated heterocycles. The Balaban J connectivity index is 1.26. The zero-order valence-corrected chi connectivity index (χ0v) is 20.4. The van der Waals surface area contributed by atoms with E-state index < -0.39 is 0 Å². The van der Waals surface area contributed by atoms with Crippen molar-refractivity contribution >= 4 is 34.1 Å². The lowest BCUT2D eigenvalue weighted by atomic mass is 10.1. The Hall–Kier alpha value is -3.37. The molecule has 1 fully saturated rings. The van der Waals surface area contributed by atoms with Gasteiger partial charge in [0, 0.05) is 22.5 Å². The summed E-state index contributed by atoms with van der Waals surface area (Å²) >= 11 is 2.75. The van der Waals surface area contributed by atoms with Crippen LogP contribution in [-0.4, -0.2) is 45.6 Å². The number of para-hydroxylation sites is 1. The van der Waals surface area contributed by atoms with Gasteiger partial charge in [0.05, 0.1) is 25.7 Å². The van der Waals surface area contributed by atoms with Crippen LogP contribution in [0.25, 0.3) is 16.9 Å². The molecule has 1 aliphatic rings. The van der Waals surface area contributed by atoms with Crippen LogP contribution < -0.4 is 14.8 Å². The highest BCUT2D eigenvalue weighted by Crippen LogP contribution is 2.41. The number of aromatic nitrogens is 4. The summed E-state index contributed by atoms with van der Waals surface area (Å²) in [6.45, 7) is 0. The molecule has 8 nitrogen and oxygen atoms in total. The molecule has 1 N–H and O–H groups in total. The zero-order valence-electron chi connectivity index (χ0n) is 18.7. The monoisotopic (exact) mass is 493 g/mol. The molecule has 0 unspecified atom stereocenters. The van der Waals surface area contributed by atoms with E-state index >= 15 is 0 Å². The summed E-state index contributed by atoms with van der Waals surface area (Å²) in [5, 5.41) is 14.8. The van der Waals surface area contributed by atoms with Crippen molar-refractivity contribution in [2.45, 2.75) is 23.9 Å². The van der Waals surface area contributed by atoms with Crippen molar-refractivity contribution in [1.29, 1.82) is 0 Å². The van der Waals surface area contributed by atoms with Crippen molar-refractivity contribution in [3.63, 3.8) is 0 Å². The number of amides is 1. The van der Waals surface area contributed by atoms with Gasteiger partial charge in [-0.3, -0.25) is 9.36 Å². The Labute approximate surface area is 205 Å². The van der Waals surface area contributed by atoms with Gasteiger partial charge in [-0.1, -0.05) is 30.0 Å². The van der Waals surface area contributed by atoms with Crippen molar-refractivity contribution in [2.75, 3.05) is 25.3 Å². The fourth-order valence-electron chi connectivity index (χ4n) is 3.55. The third-order valence-electron chi connectivity index (χ3n) is 5.38. The Kier molecular flexibility index (Phi) is 6.50. The van der Waals surface area contributed by atoms with Gasteiger partial charge < -0.3 is 14.8 Å². The number of carbonyl (C=O) groups excluding carboxylic acids is 1. The van der Waals surface area contributed by atoms with Crippen LogP contribution in [0, 0.1) is 0 Å². The summed E-state index contributed by atoms with van der Waals surface area (Å²) in [6.07, 6.45) is 2.26. The van der Waals surface area contributed by atoms with Crippen molar-refractivity contribution in [3.8, 4) is 28.4 Å². The summed E-state index contributed by atoms with van der Waals surface area (Å²) in [6, 6.07) is 15.6. The molecule has 4 aromatic rings. The molecule has 2 heterocycles. The first-order valence-electron chi connectivity index (χ1n) is 10.8. The summed E-state index contributed by atoms with van der Waals surface area (Å²) in [7, 11) is 3.19. The molecule has 5 rings (SSSR count). The number of thiazole rings is 1. The van der Waals surface area contributed by atoms with E-state index in [1.807, 2.05) is 53.9 Å². The fraction of sp³-hybridized carbons (Fsp3) is 0.250. The second-order valence-electron chi connectivity index (χ2n) is 7.73. The number of nitrogens with one attached hydrogen (secondary N) is 1. The van der Waals surface area contributed by atoms with Crippen molar-refractivity contribution in [1.82, 2.24) is 19.7 Å². The van der Waals surface area contributed by atoms with Crippen LogP contribution in [0.2, 0.25) is 0 Å².